The van der Waals surface area contributed by atoms with Gasteiger partial charge in [-0.3, -0.25) is 4.79 Å². The van der Waals surface area contributed by atoms with Crippen LogP contribution in [0.2, 0.25) is 0 Å². The molecule has 2 heterocycles. The Labute approximate surface area is 260 Å². The molecule has 1 saturated carbocycles. The lowest BCUT2D eigenvalue weighted by Gasteiger charge is -2.34. The zero-order valence-corrected chi connectivity index (χ0v) is 26.0. The van der Waals surface area contributed by atoms with Crippen LogP contribution in [0.1, 0.15) is 73.6 Å². The van der Waals surface area contributed by atoms with Crippen molar-refractivity contribution in [2.45, 2.75) is 83.8 Å². The van der Waals surface area contributed by atoms with E-state index in [1.54, 1.807) is 39.0 Å². The molecule has 1 aliphatic carbocycles. The van der Waals surface area contributed by atoms with Gasteiger partial charge in [-0.25, -0.2) is 19.2 Å². The second kappa shape index (κ2) is 14.1. The minimum absolute atomic E-state index is 0.0252. The number of anilines is 1. The third-order valence-corrected chi connectivity index (χ3v) is 7.51. The highest BCUT2D eigenvalue weighted by Crippen LogP contribution is 2.36. The van der Waals surface area contributed by atoms with E-state index in [9.17, 15) is 18.4 Å². The number of methoxy groups -OCH3 is 2. The van der Waals surface area contributed by atoms with Crippen molar-refractivity contribution in [1.82, 2.24) is 15.2 Å². The first-order chi connectivity index (χ1) is 21.3. The van der Waals surface area contributed by atoms with E-state index in [0.29, 0.717) is 29.9 Å². The molecule has 2 aliphatic rings. The number of nitrogens with zero attached hydrogens (tertiary/aromatic N) is 3. The summed E-state index contributed by atoms with van der Waals surface area (Å²) in [6, 6.07) is 4.27. The normalized spacial score (nSPS) is 18.7. The number of aliphatic imine (C=N–C) groups is 1. The van der Waals surface area contributed by atoms with Gasteiger partial charge < -0.3 is 35.5 Å². The number of allylic oxidation sites excluding steroid dienone is 1. The molecule has 11 nitrogen and oxygen atoms in total. The number of hydrogen-bond acceptors (Lipinski definition) is 9. The third-order valence-electron chi connectivity index (χ3n) is 7.51. The average Bonchev–Trinajstić information content (AvgIpc) is 3.31. The minimum Gasteiger partial charge on any atom is -0.497 e. The molecule has 1 fully saturated rings. The molecule has 0 radical (unpaired) electrons. The highest BCUT2D eigenvalue weighted by atomic mass is 19.3. The van der Waals surface area contributed by atoms with Crippen molar-refractivity contribution in [3.05, 3.63) is 52.6 Å². The van der Waals surface area contributed by atoms with Gasteiger partial charge in [0.05, 0.1) is 38.1 Å². The van der Waals surface area contributed by atoms with Gasteiger partial charge in [0.1, 0.15) is 17.1 Å². The molecule has 45 heavy (non-hydrogen) atoms. The van der Waals surface area contributed by atoms with E-state index < -0.39 is 42.1 Å². The quantitative estimate of drug-likeness (QED) is 0.239. The lowest BCUT2D eigenvalue weighted by molar-refractivity contribution is 0.0488. The zero-order valence-electron chi connectivity index (χ0n) is 26.0. The van der Waals surface area contributed by atoms with Gasteiger partial charge in [0.25, 0.3) is 5.91 Å². The summed E-state index contributed by atoms with van der Waals surface area (Å²) in [6.07, 6.45) is 4.05. The third kappa shape index (κ3) is 7.97. The molecule has 0 unspecified atom stereocenters. The highest BCUT2D eigenvalue weighted by molar-refractivity contribution is 6.14. The fourth-order valence-corrected chi connectivity index (χ4v) is 5.46. The summed E-state index contributed by atoms with van der Waals surface area (Å²) in [5.41, 5.74) is 5.46. The van der Waals surface area contributed by atoms with Gasteiger partial charge >= 0.3 is 12.6 Å². The van der Waals surface area contributed by atoms with Crippen molar-refractivity contribution in [3.63, 3.8) is 0 Å². The van der Waals surface area contributed by atoms with Crippen molar-refractivity contribution < 1.29 is 37.0 Å². The van der Waals surface area contributed by atoms with Gasteiger partial charge in [0.2, 0.25) is 0 Å². The number of carbonyl (C=O) groups is 2. The molecule has 244 valence electrons. The monoisotopic (exact) mass is 632 g/mol. The second-order valence-corrected chi connectivity index (χ2v) is 11.8. The summed E-state index contributed by atoms with van der Waals surface area (Å²) in [5, 5.41) is 5.98. The number of nitrogens with one attached hydrogen (secondary N) is 2. The maximum absolute atomic E-state index is 16.3. The van der Waals surface area contributed by atoms with E-state index in [0.717, 1.165) is 25.3 Å². The van der Waals surface area contributed by atoms with Crippen LogP contribution >= 0.6 is 0 Å². The molecule has 2 amide bonds. The Hall–Kier alpha value is -4.49. The van der Waals surface area contributed by atoms with Gasteiger partial charge in [-0.15, -0.1) is 0 Å². The number of fused-ring (bicyclic) bond motifs is 1. The largest absolute Gasteiger partial charge is 0.497 e. The van der Waals surface area contributed by atoms with E-state index in [1.165, 1.54) is 19.1 Å². The predicted molar refractivity (Wildman–Crippen MR) is 163 cm³/mol. The number of alkyl carbamates (subject to hydrolysis) is 1. The van der Waals surface area contributed by atoms with Gasteiger partial charge in [0.15, 0.2) is 11.6 Å². The lowest BCUT2D eigenvalue weighted by atomic mass is 9.90. The molecular weight excluding hydrogens is 593 g/mol. The number of carbonyl (C=O) groups excluding carboxylic acids is 2. The number of amides is 2. The van der Waals surface area contributed by atoms with Crippen molar-refractivity contribution in [3.8, 4) is 11.5 Å². The van der Waals surface area contributed by atoms with E-state index in [-0.39, 0.29) is 41.3 Å². The number of pyridine rings is 1. The summed E-state index contributed by atoms with van der Waals surface area (Å²) in [6.45, 7) is 2.15. The SMILES string of the molecule is COc1ccc(CN2Cc3c(F)c(N[C@@H]4CCCC[C@@H]4NC(=O)OC(C)(C)C)nc(C(=C/N)/C=N/C(F)F)c3C2=O)c(OC)c1. The maximum Gasteiger partial charge on any atom is 0.407 e. The molecule has 0 spiro atoms. The molecular formula is C31H39F3N6O5. The summed E-state index contributed by atoms with van der Waals surface area (Å²) < 4.78 is 58.5. The Balaban J connectivity index is 1.71. The number of nitrogens with two attached hydrogens (primary N) is 1. The van der Waals surface area contributed by atoms with Crippen molar-refractivity contribution in [2.24, 2.45) is 10.7 Å². The number of rotatable bonds is 10. The summed E-state index contributed by atoms with van der Waals surface area (Å²) in [7, 11) is 3.00. The van der Waals surface area contributed by atoms with Crippen LogP contribution in [-0.2, 0) is 17.8 Å². The summed E-state index contributed by atoms with van der Waals surface area (Å²) in [5.74, 6) is -0.518. The van der Waals surface area contributed by atoms with Crippen LogP contribution in [0.5, 0.6) is 11.5 Å². The van der Waals surface area contributed by atoms with E-state index in [2.05, 4.69) is 20.6 Å². The molecule has 1 aromatic heterocycles. The maximum atomic E-state index is 16.3. The van der Waals surface area contributed by atoms with Crippen molar-refractivity contribution in [2.75, 3.05) is 19.5 Å². The number of halogens is 3. The van der Waals surface area contributed by atoms with Gasteiger partial charge in [-0.2, -0.15) is 8.78 Å². The highest BCUT2D eigenvalue weighted by Gasteiger charge is 2.37. The van der Waals surface area contributed by atoms with Crippen LogP contribution in [0.15, 0.2) is 29.4 Å². The lowest BCUT2D eigenvalue weighted by Crippen LogP contribution is -2.50. The number of hydrogen-bond donors (Lipinski definition) is 3. The molecule has 2 atom stereocenters. The molecule has 0 saturated heterocycles. The topological polar surface area (TPSA) is 140 Å². The average molecular weight is 633 g/mol. The fourth-order valence-electron chi connectivity index (χ4n) is 5.46. The van der Waals surface area contributed by atoms with Crippen LogP contribution in [0.4, 0.5) is 23.8 Å². The van der Waals surface area contributed by atoms with Gasteiger partial charge in [-0.05, 0) is 45.7 Å². The van der Waals surface area contributed by atoms with E-state index in [4.69, 9.17) is 19.9 Å². The van der Waals surface area contributed by atoms with E-state index >= 15 is 4.39 Å². The molecule has 1 aromatic carbocycles. The van der Waals surface area contributed by atoms with Gasteiger partial charge in [0, 0.05) is 47.8 Å². The van der Waals surface area contributed by atoms with Crippen molar-refractivity contribution >= 4 is 29.6 Å². The van der Waals surface area contributed by atoms with Crippen LogP contribution in [0.25, 0.3) is 5.57 Å². The second-order valence-electron chi connectivity index (χ2n) is 11.8. The number of benzene rings is 1. The van der Waals surface area contributed by atoms with Gasteiger partial charge in [-0.1, -0.05) is 12.8 Å². The first-order valence-electron chi connectivity index (χ1n) is 14.6. The number of ether oxygens (including phenoxy) is 3. The van der Waals surface area contributed by atoms with Crippen LogP contribution in [0, 0.1) is 5.82 Å². The first-order valence-corrected chi connectivity index (χ1v) is 14.6. The number of alkyl halides is 2. The van der Waals surface area contributed by atoms with Crippen LogP contribution < -0.4 is 25.8 Å². The Bertz CT molecular complexity index is 1480. The Morgan fingerprint density at radius 2 is 1.91 bits per heavy atom. The van der Waals surface area contributed by atoms with Crippen LogP contribution in [0.3, 0.4) is 0 Å². The Kier molecular flexibility index (Phi) is 10.5. The molecule has 14 heteroatoms. The standard InChI is InChI=1S/C31H39F3N6O5/c1-31(2,3)45-30(42)38-22-9-7-6-8-21(22)37-27-25(32)20-16-40(15-17-10-11-19(43-4)12-23(17)44-5)28(41)24(20)26(39-27)18(13-35)14-36-29(33)34/h10-14,21-22,29H,6-9,15-16,35H2,1-5H3,(H,37,39)(H,38,42)/b18-13+,36-14+/t21-,22+/m1/s1. The molecule has 0 bridgehead atoms. The van der Waals surface area contributed by atoms with Crippen LogP contribution in [-0.4, -0.2) is 66.6 Å². The Morgan fingerprint density at radius 1 is 1.20 bits per heavy atom. The Morgan fingerprint density at radius 3 is 2.53 bits per heavy atom. The predicted octanol–water partition coefficient (Wildman–Crippen LogP) is 5.23. The summed E-state index contributed by atoms with van der Waals surface area (Å²) >= 11 is 0. The van der Waals surface area contributed by atoms with E-state index in [1.807, 2.05) is 0 Å². The number of aromatic nitrogens is 1. The summed E-state index contributed by atoms with van der Waals surface area (Å²) in [4.78, 5) is 35.2. The zero-order chi connectivity index (χ0) is 32.9. The minimum atomic E-state index is -3.04. The first kappa shape index (κ1) is 33.4. The molecule has 4 N–H and O–H groups in total. The molecule has 1 aliphatic heterocycles. The van der Waals surface area contributed by atoms with Crippen molar-refractivity contribution in [1.29, 1.82) is 0 Å². The smallest absolute Gasteiger partial charge is 0.407 e. The fraction of sp³-hybridized carbons (Fsp3) is 0.484. The molecule has 4 rings (SSSR count). The molecule has 2 aromatic rings.